The Bertz CT molecular complexity index is 453. The van der Waals surface area contributed by atoms with Crippen molar-refractivity contribution in [1.82, 2.24) is 4.90 Å². The molecular weight excluding hydrogens is 299 g/mol. The number of likely N-dealkylation sites (tertiary alicyclic amines) is 1. The van der Waals surface area contributed by atoms with E-state index in [1.165, 1.54) is 12.1 Å². The zero-order valence-electron chi connectivity index (χ0n) is 10.0. The summed E-state index contributed by atoms with van der Waals surface area (Å²) in [6.07, 6.45) is 3.00. The number of piperidine rings is 1. The van der Waals surface area contributed by atoms with E-state index in [4.69, 9.17) is 5.73 Å². The van der Waals surface area contributed by atoms with E-state index in [-0.39, 0.29) is 11.9 Å². The predicted molar refractivity (Wildman–Crippen MR) is 71.8 cm³/mol. The monoisotopic (exact) mass is 314 g/mol. The van der Waals surface area contributed by atoms with Gasteiger partial charge in [0, 0.05) is 23.6 Å². The van der Waals surface area contributed by atoms with E-state index >= 15 is 0 Å². The lowest BCUT2D eigenvalue weighted by Crippen LogP contribution is -2.47. The van der Waals surface area contributed by atoms with Gasteiger partial charge < -0.3 is 10.6 Å². The highest BCUT2D eigenvalue weighted by atomic mass is 79.9. The average Bonchev–Trinajstić information content (AvgIpc) is 2.40. The molecule has 1 amide bonds. The van der Waals surface area contributed by atoms with Gasteiger partial charge in [0.05, 0.1) is 5.56 Å². The summed E-state index contributed by atoms with van der Waals surface area (Å²) in [6, 6.07) is 4.23. The summed E-state index contributed by atoms with van der Waals surface area (Å²) >= 11 is 3.29. The predicted octanol–water partition coefficient (Wildman–Crippen LogP) is 2.54. The zero-order valence-corrected chi connectivity index (χ0v) is 11.6. The highest BCUT2D eigenvalue weighted by Gasteiger charge is 2.27. The number of nitrogens with two attached hydrogens (primary N) is 1. The van der Waals surface area contributed by atoms with Crippen LogP contribution in [0.1, 0.15) is 29.6 Å². The molecule has 0 aromatic heterocycles. The first kappa shape index (κ1) is 13.5. The molecule has 0 radical (unpaired) electrons. The maximum Gasteiger partial charge on any atom is 0.255 e. The van der Waals surface area contributed by atoms with Gasteiger partial charge >= 0.3 is 0 Å². The van der Waals surface area contributed by atoms with Crippen LogP contribution in [0.4, 0.5) is 4.39 Å². The lowest BCUT2D eigenvalue weighted by molar-refractivity contribution is 0.0622. The van der Waals surface area contributed by atoms with E-state index in [9.17, 15) is 9.18 Å². The summed E-state index contributed by atoms with van der Waals surface area (Å²) in [4.78, 5) is 14.2. The molecule has 18 heavy (non-hydrogen) atoms. The van der Waals surface area contributed by atoms with Crippen molar-refractivity contribution >= 4 is 21.8 Å². The first-order valence-electron chi connectivity index (χ1n) is 6.09. The van der Waals surface area contributed by atoms with E-state index < -0.39 is 5.82 Å². The normalized spacial score (nSPS) is 19.9. The minimum absolute atomic E-state index is 0.0708. The molecule has 1 heterocycles. The maximum absolute atomic E-state index is 13.2. The van der Waals surface area contributed by atoms with Crippen LogP contribution in [0.25, 0.3) is 0 Å². The number of halogens is 2. The summed E-state index contributed by atoms with van der Waals surface area (Å²) in [7, 11) is 0. The van der Waals surface area contributed by atoms with E-state index in [1.807, 2.05) is 0 Å². The third-order valence-electron chi connectivity index (χ3n) is 3.32. The fourth-order valence-corrected chi connectivity index (χ4v) is 2.75. The Labute approximate surface area is 114 Å². The first-order valence-corrected chi connectivity index (χ1v) is 6.89. The molecular formula is C13H16BrFN2O. The molecule has 0 bridgehead atoms. The minimum atomic E-state index is -0.400. The van der Waals surface area contributed by atoms with E-state index in [0.717, 1.165) is 19.3 Å². The third kappa shape index (κ3) is 2.72. The van der Waals surface area contributed by atoms with Crippen molar-refractivity contribution in [3.05, 3.63) is 34.1 Å². The van der Waals surface area contributed by atoms with Crippen LogP contribution in [-0.4, -0.2) is 29.9 Å². The third-order valence-corrected chi connectivity index (χ3v) is 4.01. The molecule has 3 nitrogen and oxygen atoms in total. The minimum Gasteiger partial charge on any atom is -0.334 e. The molecule has 0 spiro atoms. The number of hydrogen-bond donors (Lipinski definition) is 1. The van der Waals surface area contributed by atoms with Gasteiger partial charge in [-0.05, 0) is 53.4 Å². The lowest BCUT2D eigenvalue weighted by atomic mass is 10.0. The first-order chi connectivity index (χ1) is 8.63. The highest BCUT2D eigenvalue weighted by Crippen LogP contribution is 2.24. The van der Waals surface area contributed by atoms with Gasteiger partial charge in [-0.15, -0.1) is 0 Å². The standard InChI is InChI=1S/C13H16BrFN2O/c14-12-5-4-9(15)7-11(12)13(18)17-6-2-1-3-10(17)8-16/h4-5,7,10H,1-3,6,8,16H2. The quantitative estimate of drug-likeness (QED) is 0.912. The van der Waals surface area contributed by atoms with Crippen molar-refractivity contribution in [3.8, 4) is 0 Å². The second kappa shape index (κ2) is 5.80. The van der Waals surface area contributed by atoms with Gasteiger partial charge in [0.25, 0.3) is 5.91 Å². The number of carbonyl (C=O) groups is 1. The fraction of sp³-hybridized carbons (Fsp3) is 0.462. The Morgan fingerprint density at radius 3 is 3.00 bits per heavy atom. The fourth-order valence-electron chi connectivity index (χ4n) is 2.33. The van der Waals surface area contributed by atoms with Gasteiger partial charge in [0.2, 0.25) is 0 Å². The summed E-state index contributed by atoms with van der Waals surface area (Å²) in [5.74, 6) is -0.542. The van der Waals surface area contributed by atoms with Gasteiger partial charge in [-0.25, -0.2) is 4.39 Å². The topological polar surface area (TPSA) is 46.3 Å². The second-order valence-electron chi connectivity index (χ2n) is 4.51. The van der Waals surface area contributed by atoms with Gasteiger partial charge in [0.1, 0.15) is 5.82 Å². The Hall–Kier alpha value is -0.940. The second-order valence-corrected chi connectivity index (χ2v) is 5.36. The number of hydrogen-bond acceptors (Lipinski definition) is 2. The molecule has 1 aliphatic heterocycles. The van der Waals surface area contributed by atoms with E-state index in [1.54, 1.807) is 11.0 Å². The maximum atomic E-state index is 13.2. The number of benzene rings is 1. The van der Waals surface area contributed by atoms with Crippen molar-refractivity contribution in [2.45, 2.75) is 25.3 Å². The van der Waals surface area contributed by atoms with Gasteiger partial charge in [-0.3, -0.25) is 4.79 Å². The van der Waals surface area contributed by atoms with Crippen molar-refractivity contribution in [2.24, 2.45) is 5.73 Å². The molecule has 5 heteroatoms. The summed E-state index contributed by atoms with van der Waals surface area (Å²) < 4.78 is 13.9. The van der Waals surface area contributed by atoms with Crippen molar-refractivity contribution in [1.29, 1.82) is 0 Å². The van der Waals surface area contributed by atoms with Gasteiger partial charge in [0.15, 0.2) is 0 Å². The van der Waals surface area contributed by atoms with Crippen LogP contribution in [-0.2, 0) is 0 Å². The van der Waals surface area contributed by atoms with Crippen LogP contribution in [0.2, 0.25) is 0 Å². The highest BCUT2D eigenvalue weighted by molar-refractivity contribution is 9.10. The number of nitrogens with zero attached hydrogens (tertiary/aromatic N) is 1. The van der Waals surface area contributed by atoms with E-state index in [2.05, 4.69) is 15.9 Å². The molecule has 1 unspecified atom stereocenters. The Morgan fingerprint density at radius 1 is 1.50 bits per heavy atom. The summed E-state index contributed by atoms with van der Waals surface area (Å²) in [5, 5.41) is 0. The number of carbonyl (C=O) groups excluding carboxylic acids is 1. The van der Waals surface area contributed by atoms with Crippen molar-refractivity contribution in [2.75, 3.05) is 13.1 Å². The van der Waals surface area contributed by atoms with Crippen LogP contribution in [0.5, 0.6) is 0 Å². The molecule has 1 saturated heterocycles. The van der Waals surface area contributed by atoms with Crippen LogP contribution >= 0.6 is 15.9 Å². The molecule has 0 aliphatic carbocycles. The van der Waals surface area contributed by atoms with Crippen LogP contribution in [0, 0.1) is 5.82 Å². The largest absolute Gasteiger partial charge is 0.334 e. The van der Waals surface area contributed by atoms with Gasteiger partial charge in [-0.1, -0.05) is 0 Å². The van der Waals surface area contributed by atoms with Crippen molar-refractivity contribution in [3.63, 3.8) is 0 Å². The molecule has 2 N–H and O–H groups in total. The van der Waals surface area contributed by atoms with Gasteiger partial charge in [-0.2, -0.15) is 0 Å². The Kier molecular flexibility index (Phi) is 4.35. The summed E-state index contributed by atoms with van der Waals surface area (Å²) in [6.45, 7) is 1.16. The van der Waals surface area contributed by atoms with Crippen LogP contribution in [0.15, 0.2) is 22.7 Å². The lowest BCUT2D eigenvalue weighted by Gasteiger charge is -2.35. The average molecular weight is 315 g/mol. The Morgan fingerprint density at radius 2 is 2.28 bits per heavy atom. The molecule has 0 saturated carbocycles. The zero-order chi connectivity index (χ0) is 13.1. The molecule has 2 rings (SSSR count). The Balaban J connectivity index is 2.26. The molecule has 1 aromatic rings. The number of amides is 1. The summed E-state index contributed by atoms with van der Waals surface area (Å²) in [5.41, 5.74) is 6.07. The van der Waals surface area contributed by atoms with Crippen LogP contribution in [0.3, 0.4) is 0 Å². The number of rotatable bonds is 2. The smallest absolute Gasteiger partial charge is 0.255 e. The van der Waals surface area contributed by atoms with Crippen LogP contribution < -0.4 is 5.73 Å². The van der Waals surface area contributed by atoms with Crippen molar-refractivity contribution < 1.29 is 9.18 Å². The molecule has 1 atom stereocenters. The molecule has 98 valence electrons. The SMILES string of the molecule is NCC1CCCCN1C(=O)c1cc(F)ccc1Br. The molecule has 1 aromatic carbocycles. The molecule has 1 aliphatic rings. The van der Waals surface area contributed by atoms with E-state index in [0.29, 0.717) is 23.1 Å². The molecule has 1 fully saturated rings.